The van der Waals surface area contributed by atoms with Crippen LogP contribution in [-0.4, -0.2) is 43.5 Å². The van der Waals surface area contributed by atoms with Crippen LogP contribution in [0.2, 0.25) is 0 Å². The Morgan fingerprint density at radius 1 is 1.06 bits per heavy atom. The van der Waals surface area contributed by atoms with E-state index >= 15 is 0 Å². The molecule has 0 aliphatic carbocycles. The summed E-state index contributed by atoms with van der Waals surface area (Å²) in [6.45, 7) is 1.40. The molecule has 1 aliphatic heterocycles. The van der Waals surface area contributed by atoms with Gasteiger partial charge in [0.2, 0.25) is 5.91 Å². The van der Waals surface area contributed by atoms with Crippen LogP contribution in [-0.2, 0) is 11.2 Å². The van der Waals surface area contributed by atoms with Crippen molar-refractivity contribution >= 4 is 11.6 Å². The van der Waals surface area contributed by atoms with Crippen LogP contribution in [0.25, 0.3) is 16.8 Å². The molecule has 0 saturated carbocycles. The maximum Gasteiger partial charge on any atom is 0.227 e. The summed E-state index contributed by atoms with van der Waals surface area (Å²) in [6, 6.07) is 14.1. The van der Waals surface area contributed by atoms with Crippen molar-refractivity contribution in [2.45, 2.75) is 25.2 Å². The van der Waals surface area contributed by atoms with E-state index in [1.54, 1.807) is 23.0 Å². The van der Waals surface area contributed by atoms with E-state index in [0.717, 1.165) is 41.0 Å². The molecule has 3 aromatic heterocycles. The van der Waals surface area contributed by atoms with Gasteiger partial charge in [-0.05, 0) is 54.3 Å². The zero-order chi connectivity index (χ0) is 21.2. The predicted molar refractivity (Wildman–Crippen MR) is 115 cm³/mol. The minimum atomic E-state index is -0.262. The molecule has 7 heteroatoms. The molecule has 0 bridgehead atoms. The number of pyridine rings is 2. The first kappa shape index (κ1) is 19.4. The molecule has 1 aliphatic rings. The third kappa shape index (κ3) is 4.17. The largest absolute Gasteiger partial charge is 0.342 e. The molecule has 0 spiro atoms. The lowest BCUT2D eigenvalue weighted by atomic mass is 9.96. The molecule has 156 valence electrons. The van der Waals surface area contributed by atoms with Crippen molar-refractivity contribution in [2.75, 3.05) is 13.1 Å². The van der Waals surface area contributed by atoms with Gasteiger partial charge in [-0.1, -0.05) is 18.2 Å². The van der Waals surface area contributed by atoms with Gasteiger partial charge in [-0.25, -0.2) is 13.9 Å². The van der Waals surface area contributed by atoms with E-state index in [9.17, 15) is 9.18 Å². The van der Waals surface area contributed by atoms with Crippen molar-refractivity contribution in [3.8, 4) is 11.1 Å². The Morgan fingerprint density at radius 2 is 1.94 bits per heavy atom. The number of likely N-dealkylation sites (tertiary alicyclic amines) is 1. The van der Waals surface area contributed by atoms with Gasteiger partial charge in [0.15, 0.2) is 11.5 Å². The average molecular weight is 415 g/mol. The molecule has 4 heterocycles. The van der Waals surface area contributed by atoms with Gasteiger partial charge in [-0.3, -0.25) is 9.78 Å². The first-order chi connectivity index (χ1) is 15.2. The van der Waals surface area contributed by atoms with Crippen molar-refractivity contribution in [3.63, 3.8) is 0 Å². The van der Waals surface area contributed by atoms with Crippen molar-refractivity contribution in [3.05, 3.63) is 84.3 Å². The number of fused-ring (bicyclic) bond motifs is 1. The second kappa shape index (κ2) is 8.26. The first-order valence-electron chi connectivity index (χ1n) is 10.4. The zero-order valence-electron chi connectivity index (χ0n) is 17.0. The normalized spacial score (nSPS) is 14.8. The molecule has 6 nitrogen and oxygen atoms in total. The summed E-state index contributed by atoms with van der Waals surface area (Å²) >= 11 is 0. The van der Waals surface area contributed by atoms with Gasteiger partial charge in [0.25, 0.3) is 0 Å². The van der Waals surface area contributed by atoms with E-state index in [0.29, 0.717) is 19.5 Å². The number of benzene rings is 1. The second-order valence-electron chi connectivity index (χ2n) is 7.89. The second-order valence-corrected chi connectivity index (χ2v) is 7.89. The number of carbonyl (C=O) groups excluding carboxylic acids is 1. The first-order valence-corrected chi connectivity index (χ1v) is 10.4. The van der Waals surface area contributed by atoms with E-state index in [2.05, 4.69) is 10.1 Å². The lowest BCUT2D eigenvalue weighted by Gasteiger charge is -2.30. The van der Waals surface area contributed by atoms with Crippen LogP contribution in [0.5, 0.6) is 0 Å². The summed E-state index contributed by atoms with van der Waals surface area (Å²) in [5.41, 5.74) is 3.40. The van der Waals surface area contributed by atoms with Gasteiger partial charge in [-0.15, -0.1) is 0 Å². The van der Waals surface area contributed by atoms with Crippen LogP contribution in [0.1, 0.15) is 30.1 Å². The lowest BCUT2D eigenvalue weighted by molar-refractivity contribution is -0.131. The molecule has 1 saturated heterocycles. The molecule has 0 unspecified atom stereocenters. The number of amides is 1. The number of hydrogen-bond acceptors (Lipinski definition) is 4. The van der Waals surface area contributed by atoms with Crippen LogP contribution >= 0.6 is 0 Å². The molecule has 1 aromatic carbocycles. The van der Waals surface area contributed by atoms with Gasteiger partial charge >= 0.3 is 0 Å². The van der Waals surface area contributed by atoms with Crippen LogP contribution in [0, 0.1) is 5.82 Å². The number of hydrogen-bond donors (Lipinski definition) is 0. The summed E-state index contributed by atoms with van der Waals surface area (Å²) < 4.78 is 15.3. The molecule has 5 rings (SSSR count). The summed E-state index contributed by atoms with van der Waals surface area (Å²) in [4.78, 5) is 23.3. The van der Waals surface area contributed by atoms with Gasteiger partial charge in [0.05, 0.1) is 6.42 Å². The van der Waals surface area contributed by atoms with Gasteiger partial charge in [-0.2, -0.15) is 5.10 Å². The smallest absolute Gasteiger partial charge is 0.227 e. The Morgan fingerprint density at radius 3 is 2.71 bits per heavy atom. The fourth-order valence-corrected chi connectivity index (χ4v) is 4.09. The zero-order valence-corrected chi connectivity index (χ0v) is 17.0. The molecule has 0 N–H and O–H groups in total. The van der Waals surface area contributed by atoms with E-state index < -0.39 is 0 Å². The number of nitrogens with zero attached hydrogens (tertiary/aromatic N) is 5. The Balaban J connectivity index is 1.27. The monoisotopic (exact) mass is 415 g/mol. The maximum atomic E-state index is 13.6. The topological polar surface area (TPSA) is 63.4 Å². The number of halogens is 1. The maximum absolute atomic E-state index is 13.6. The van der Waals surface area contributed by atoms with Crippen molar-refractivity contribution < 1.29 is 9.18 Å². The highest BCUT2D eigenvalue weighted by Crippen LogP contribution is 2.27. The summed E-state index contributed by atoms with van der Waals surface area (Å²) in [7, 11) is 0. The van der Waals surface area contributed by atoms with Crippen LogP contribution in [0.3, 0.4) is 0 Å². The van der Waals surface area contributed by atoms with Crippen LogP contribution in [0.4, 0.5) is 4.39 Å². The quantitative estimate of drug-likeness (QED) is 0.508. The summed E-state index contributed by atoms with van der Waals surface area (Å²) in [5.74, 6) is 0.895. The molecule has 0 radical (unpaired) electrons. The van der Waals surface area contributed by atoms with Crippen LogP contribution < -0.4 is 0 Å². The van der Waals surface area contributed by atoms with Crippen molar-refractivity contribution in [1.29, 1.82) is 0 Å². The SMILES string of the molecule is O=C(Cc1cccnc1)N1CCC(c2nc3ccc(-c4cccc(F)c4)cn3n2)CC1. The molecule has 31 heavy (non-hydrogen) atoms. The number of carbonyl (C=O) groups is 1. The predicted octanol–water partition coefficient (Wildman–Crippen LogP) is 3.88. The Bertz CT molecular complexity index is 1220. The molecule has 0 atom stereocenters. The third-order valence-corrected chi connectivity index (χ3v) is 5.80. The van der Waals surface area contributed by atoms with Crippen molar-refractivity contribution in [2.24, 2.45) is 0 Å². The minimum absolute atomic E-state index is 0.133. The molecule has 1 amide bonds. The third-order valence-electron chi connectivity index (χ3n) is 5.80. The number of piperidine rings is 1. The highest BCUT2D eigenvalue weighted by Gasteiger charge is 2.26. The summed E-state index contributed by atoms with van der Waals surface area (Å²) in [5, 5.41) is 4.68. The minimum Gasteiger partial charge on any atom is -0.342 e. The highest BCUT2D eigenvalue weighted by atomic mass is 19.1. The Hall–Kier alpha value is -3.61. The van der Waals surface area contributed by atoms with Gasteiger partial charge in [0, 0.05) is 43.2 Å². The highest BCUT2D eigenvalue weighted by molar-refractivity contribution is 5.78. The van der Waals surface area contributed by atoms with E-state index in [1.807, 2.05) is 41.4 Å². The molecular weight excluding hydrogens is 393 g/mol. The lowest BCUT2D eigenvalue weighted by Crippen LogP contribution is -2.39. The molecule has 1 fully saturated rings. The number of aromatic nitrogens is 4. The van der Waals surface area contributed by atoms with Gasteiger partial charge < -0.3 is 4.90 Å². The summed E-state index contributed by atoms with van der Waals surface area (Å²) in [6.07, 6.45) is 7.39. The van der Waals surface area contributed by atoms with E-state index in [-0.39, 0.29) is 17.6 Å². The van der Waals surface area contributed by atoms with Crippen molar-refractivity contribution in [1.82, 2.24) is 24.5 Å². The van der Waals surface area contributed by atoms with Gasteiger partial charge in [0.1, 0.15) is 5.82 Å². The molecule has 4 aromatic rings. The standard InChI is InChI=1S/C24H22FN5O/c25-21-5-1-4-19(14-21)20-6-7-22-27-24(28-30(22)16-20)18-8-11-29(12-9-18)23(31)13-17-3-2-10-26-15-17/h1-7,10,14-16,18H,8-9,11-13H2. The fraction of sp³-hybridized carbons (Fsp3) is 0.250. The average Bonchev–Trinajstić information content (AvgIpc) is 3.23. The Kier molecular flexibility index (Phi) is 5.16. The number of rotatable bonds is 4. The molecular formula is C24H22FN5O. The van der Waals surface area contributed by atoms with E-state index in [4.69, 9.17) is 4.98 Å². The fourth-order valence-electron chi connectivity index (χ4n) is 4.09. The Labute approximate surface area is 179 Å². The van der Waals surface area contributed by atoms with E-state index in [1.165, 1.54) is 12.1 Å². The van der Waals surface area contributed by atoms with Crippen LogP contribution in [0.15, 0.2) is 67.1 Å².